The molecule has 0 aliphatic carbocycles. The van der Waals surface area contributed by atoms with Crippen LogP contribution in [-0.4, -0.2) is 28.2 Å². The molecule has 1 saturated heterocycles. The molecule has 78 valence electrons. The number of hydrogen-bond donors (Lipinski definition) is 2. The molecule has 1 aliphatic heterocycles. The smallest absolute Gasteiger partial charge is 0.107 e. The van der Waals surface area contributed by atoms with Gasteiger partial charge in [-0.2, -0.15) is 0 Å². The zero-order chi connectivity index (χ0) is 10.0. The molecule has 0 amide bonds. The topological polar surface area (TPSA) is 63.9 Å². The normalized spacial score (nSPS) is 29.3. The molecule has 0 aromatic carbocycles. The van der Waals surface area contributed by atoms with E-state index in [9.17, 15) is 0 Å². The highest BCUT2D eigenvalue weighted by atomic mass is 16.5. The number of nitrogens with two attached hydrogens (primary N) is 1. The quantitative estimate of drug-likeness (QED) is 0.751. The maximum Gasteiger partial charge on any atom is 0.107 e. The van der Waals surface area contributed by atoms with Crippen LogP contribution in [0.2, 0.25) is 0 Å². The van der Waals surface area contributed by atoms with E-state index in [1.54, 1.807) is 6.20 Å². The lowest BCUT2D eigenvalue weighted by Crippen LogP contribution is -2.46. The van der Waals surface area contributed by atoms with Gasteiger partial charge in [-0.3, -0.25) is 0 Å². The van der Waals surface area contributed by atoms with E-state index in [4.69, 9.17) is 10.5 Å². The van der Waals surface area contributed by atoms with Crippen molar-refractivity contribution >= 4 is 0 Å². The average Bonchev–Trinajstić information content (AvgIpc) is 2.76. The molecule has 14 heavy (non-hydrogen) atoms. The van der Waals surface area contributed by atoms with Crippen molar-refractivity contribution in [3.63, 3.8) is 0 Å². The third-order valence-corrected chi connectivity index (χ3v) is 3.00. The zero-order valence-electron chi connectivity index (χ0n) is 8.49. The predicted molar refractivity (Wildman–Crippen MR) is 53.9 cm³/mol. The number of hydrogen-bond acceptors (Lipinski definition) is 3. The highest BCUT2D eigenvalue weighted by Crippen LogP contribution is 2.28. The first-order valence-electron chi connectivity index (χ1n) is 5.08. The molecule has 2 rings (SSSR count). The van der Waals surface area contributed by atoms with E-state index in [1.165, 1.54) is 0 Å². The molecule has 0 bridgehead atoms. The van der Waals surface area contributed by atoms with Gasteiger partial charge in [-0.25, -0.2) is 4.98 Å². The molecular weight excluding hydrogens is 178 g/mol. The molecule has 1 aliphatic rings. The van der Waals surface area contributed by atoms with Crippen molar-refractivity contribution in [3.05, 3.63) is 18.2 Å². The second-order valence-corrected chi connectivity index (χ2v) is 4.11. The van der Waals surface area contributed by atoms with E-state index in [-0.39, 0.29) is 11.6 Å². The lowest BCUT2D eigenvalue weighted by molar-refractivity contribution is -0.00132. The SMILES string of the molecule is CC1(C(N)Cc2ncc[nH]2)CCCO1. The second-order valence-electron chi connectivity index (χ2n) is 4.11. The summed E-state index contributed by atoms with van der Waals surface area (Å²) in [4.78, 5) is 7.23. The largest absolute Gasteiger partial charge is 0.374 e. The lowest BCUT2D eigenvalue weighted by atomic mass is 9.91. The minimum Gasteiger partial charge on any atom is -0.374 e. The number of imidazole rings is 1. The molecule has 3 N–H and O–H groups in total. The molecule has 0 spiro atoms. The molecule has 1 aromatic rings. The summed E-state index contributed by atoms with van der Waals surface area (Å²) in [6.45, 7) is 2.93. The fourth-order valence-corrected chi connectivity index (χ4v) is 1.93. The van der Waals surface area contributed by atoms with Crippen molar-refractivity contribution in [1.82, 2.24) is 9.97 Å². The van der Waals surface area contributed by atoms with Gasteiger partial charge in [0.1, 0.15) is 5.82 Å². The van der Waals surface area contributed by atoms with Crippen molar-refractivity contribution in [2.75, 3.05) is 6.61 Å². The number of nitrogens with one attached hydrogen (secondary N) is 1. The van der Waals surface area contributed by atoms with Crippen LogP contribution in [0.15, 0.2) is 12.4 Å². The fraction of sp³-hybridized carbons (Fsp3) is 0.700. The van der Waals surface area contributed by atoms with Crippen LogP contribution >= 0.6 is 0 Å². The summed E-state index contributed by atoms with van der Waals surface area (Å²) >= 11 is 0. The average molecular weight is 195 g/mol. The molecule has 0 saturated carbocycles. The van der Waals surface area contributed by atoms with Crippen LogP contribution < -0.4 is 5.73 Å². The zero-order valence-corrected chi connectivity index (χ0v) is 8.49. The van der Waals surface area contributed by atoms with Crippen molar-refractivity contribution < 1.29 is 4.74 Å². The Balaban J connectivity index is 1.98. The minimum atomic E-state index is -0.160. The molecular formula is C10H17N3O. The van der Waals surface area contributed by atoms with E-state index in [2.05, 4.69) is 16.9 Å². The summed E-state index contributed by atoms with van der Waals surface area (Å²) < 4.78 is 5.68. The number of nitrogens with zero attached hydrogens (tertiary/aromatic N) is 1. The molecule has 2 unspecified atom stereocenters. The third kappa shape index (κ3) is 1.81. The first kappa shape index (κ1) is 9.68. The van der Waals surface area contributed by atoms with Crippen LogP contribution in [0.25, 0.3) is 0 Å². The van der Waals surface area contributed by atoms with Crippen molar-refractivity contribution in [2.45, 2.75) is 37.8 Å². The number of rotatable bonds is 3. The molecule has 1 fully saturated rings. The van der Waals surface area contributed by atoms with Gasteiger partial charge < -0.3 is 15.5 Å². The van der Waals surface area contributed by atoms with E-state index < -0.39 is 0 Å². The summed E-state index contributed by atoms with van der Waals surface area (Å²) in [5, 5.41) is 0. The number of aromatic amines is 1. The fourth-order valence-electron chi connectivity index (χ4n) is 1.93. The Labute approximate surface area is 83.9 Å². The van der Waals surface area contributed by atoms with Gasteiger partial charge >= 0.3 is 0 Å². The van der Waals surface area contributed by atoms with Crippen LogP contribution in [0.4, 0.5) is 0 Å². The van der Waals surface area contributed by atoms with E-state index >= 15 is 0 Å². The predicted octanol–water partition coefficient (Wildman–Crippen LogP) is 0.849. The minimum absolute atomic E-state index is 0.0242. The Kier molecular flexibility index (Phi) is 2.56. The van der Waals surface area contributed by atoms with Crippen LogP contribution in [-0.2, 0) is 11.2 Å². The Morgan fingerprint density at radius 3 is 3.21 bits per heavy atom. The molecule has 1 aromatic heterocycles. The van der Waals surface area contributed by atoms with Gasteiger partial charge in [0.05, 0.1) is 5.60 Å². The van der Waals surface area contributed by atoms with Gasteiger partial charge in [0, 0.05) is 31.5 Å². The molecule has 4 nitrogen and oxygen atoms in total. The van der Waals surface area contributed by atoms with Crippen LogP contribution in [0.3, 0.4) is 0 Å². The van der Waals surface area contributed by atoms with Gasteiger partial charge in [0.25, 0.3) is 0 Å². The third-order valence-electron chi connectivity index (χ3n) is 3.00. The van der Waals surface area contributed by atoms with Gasteiger partial charge in [-0.05, 0) is 19.8 Å². The first-order chi connectivity index (χ1) is 6.71. The number of aromatic nitrogens is 2. The maximum atomic E-state index is 6.12. The molecule has 2 heterocycles. The number of ether oxygens (including phenoxy) is 1. The van der Waals surface area contributed by atoms with Crippen molar-refractivity contribution in [1.29, 1.82) is 0 Å². The van der Waals surface area contributed by atoms with Gasteiger partial charge in [0.15, 0.2) is 0 Å². The summed E-state index contributed by atoms with van der Waals surface area (Å²) in [5.41, 5.74) is 5.96. The maximum absolute atomic E-state index is 6.12. The monoisotopic (exact) mass is 195 g/mol. The summed E-state index contributed by atoms with van der Waals surface area (Å²) in [7, 11) is 0. The van der Waals surface area contributed by atoms with Crippen molar-refractivity contribution in [3.8, 4) is 0 Å². The highest BCUT2D eigenvalue weighted by molar-refractivity contribution is 4.98. The highest BCUT2D eigenvalue weighted by Gasteiger charge is 2.36. The summed E-state index contributed by atoms with van der Waals surface area (Å²) in [6.07, 6.45) is 6.49. The molecule has 4 heteroatoms. The van der Waals surface area contributed by atoms with Crippen LogP contribution in [0.5, 0.6) is 0 Å². The van der Waals surface area contributed by atoms with E-state index in [0.29, 0.717) is 0 Å². The van der Waals surface area contributed by atoms with Gasteiger partial charge in [-0.15, -0.1) is 0 Å². The molecule has 2 atom stereocenters. The van der Waals surface area contributed by atoms with E-state index in [0.717, 1.165) is 31.7 Å². The summed E-state index contributed by atoms with van der Waals surface area (Å²) in [6, 6.07) is 0.0242. The Morgan fingerprint density at radius 2 is 2.64 bits per heavy atom. The first-order valence-corrected chi connectivity index (χ1v) is 5.08. The van der Waals surface area contributed by atoms with Gasteiger partial charge in [-0.1, -0.05) is 0 Å². The second kappa shape index (κ2) is 3.71. The standard InChI is InChI=1S/C10H17N3O/c1-10(3-2-6-14-10)8(11)7-9-12-4-5-13-9/h4-5,8H,2-3,6-7,11H2,1H3,(H,12,13). The Hall–Kier alpha value is -0.870. The van der Waals surface area contributed by atoms with Crippen LogP contribution in [0.1, 0.15) is 25.6 Å². The van der Waals surface area contributed by atoms with Gasteiger partial charge in [0.2, 0.25) is 0 Å². The number of H-pyrrole nitrogens is 1. The summed E-state index contributed by atoms with van der Waals surface area (Å²) in [5.74, 6) is 0.939. The van der Waals surface area contributed by atoms with Crippen LogP contribution in [0, 0.1) is 0 Å². The van der Waals surface area contributed by atoms with E-state index in [1.807, 2.05) is 6.20 Å². The lowest BCUT2D eigenvalue weighted by Gasteiger charge is -2.29. The molecule has 0 radical (unpaired) electrons. The van der Waals surface area contributed by atoms with Crippen molar-refractivity contribution in [2.24, 2.45) is 5.73 Å². The Bertz CT molecular complexity index is 278. The Morgan fingerprint density at radius 1 is 1.79 bits per heavy atom.